The lowest BCUT2D eigenvalue weighted by molar-refractivity contribution is -0.120. The molecule has 2 amide bonds. The number of rotatable bonds is 8. The van der Waals surface area contributed by atoms with Crippen LogP contribution in [0.15, 0.2) is 6.07 Å². The molecule has 1 aromatic rings. The summed E-state index contributed by atoms with van der Waals surface area (Å²) < 4.78 is 6.48. The average Bonchev–Trinajstić information content (AvgIpc) is 2.89. The topological polar surface area (TPSA) is 85.2 Å². The van der Waals surface area contributed by atoms with Crippen molar-refractivity contribution in [1.82, 2.24) is 20.4 Å². The number of hydrogen-bond acceptors (Lipinski definition) is 4. The summed E-state index contributed by atoms with van der Waals surface area (Å²) in [4.78, 5) is 23.6. The first-order valence-corrected chi connectivity index (χ1v) is 7.11. The van der Waals surface area contributed by atoms with E-state index in [2.05, 4.69) is 15.7 Å². The highest BCUT2D eigenvalue weighted by Gasteiger charge is 2.16. The number of ether oxygens (including phenoxy) is 1. The van der Waals surface area contributed by atoms with Crippen LogP contribution >= 0.6 is 0 Å². The fourth-order valence-corrected chi connectivity index (χ4v) is 1.75. The maximum atomic E-state index is 12.1. The Bertz CT molecular complexity index is 483. The Balaban J connectivity index is 2.57. The van der Waals surface area contributed by atoms with Crippen LogP contribution in [0, 0.1) is 0 Å². The van der Waals surface area contributed by atoms with Crippen molar-refractivity contribution < 1.29 is 14.3 Å². The Morgan fingerprint density at radius 2 is 2.10 bits per heavy atom. The third-order valence-corrected chi connectivity index (χ3v) is 2.96. The van der Waals surface area contributed by atoms with Gasteiger partial charge in [0.05, 0.1) is 18.8 Å². The molecule has 0 aromatic carbocycles. The van der Waals surface area contributed by atoms with Gasteiger partial charge in [-0.05, 0) is 18.9 Å². The van der Waals surface area contributed by atoms with E-state index >= 15 is 0 Å². The highest BCUT2D eigenvalue weighted by Crippen LogP contribution is 2.14. The molecule has 1 aromatic heterocycles. The van der Waals surface area contributed by atoms with E-state index in [9.17, 15) is 9.59 Å². The van der Waals surface area contributed by atoms with Crippen molar-refractivity contribution in [2.24, 2.45) is 0 Å². The van der Waals surface area contributed by atoms with E-state index < -0.39 is 0 Å². The van der Waals surface area contributed by atoms with Gasteiger partial charge in [0.2, 0.25) is 5.91 Å². The van der Waals surface area contributed by atoms with Crippen LogP contribution in [0.25, 0.3) is 0 Å². The number of nitrogens with one attached hydrogen (secondary N) is 2. The van der Waals surface area contributed by atoms with E-state index in [0.29, 0.717) is 25.4 Å². The molecule has 0 aliphatic carbocycles. The molecule has 0 bridgehead atoms. The number of aryl methyl sites for hydroxylation is 1. The first-order valence-electron chi connectivity index (χ1n) is 7.11. The van der Waals surface area contributed by atoms with Crippen LogP contribution in [0.5, 0.6) is 0 Å². The van der Waals surface area contributed by atoms with E-state index in [1.807, 2.05) is 20.8 Å². The smallest absolute Gasteiger partial charge is 0.269 e. The molecule has 0 unspecified atom stereocenters. The molecule has 0 saturated carbocycles. The van der Waals surface area contributed by atoms with Crippen LogP contribution in [0.4, 0.5) is 0 Å². The summed E-state index contributed by atoms with van der Waals surface area (Å²) in [5, 5.41) is 9.62. The maximum absolute atomic E-state index is 12.1. The fourth-order valence-electron chi connectivity index (χ4n) is 1.75. The molecule has 0 spiro atoms. The van der Waals surface area contributed by atoms with Crippen LogP contribution in [-0.4, -0.2) is 48.4 Å². The van der Waals surface area contributed by atoms with Gasteiger partial charge in [-0.2, -0.15) is 5.10 Å². The number of carbonyl (C=O) groups is 2. The van der Waals surface area contributed by atoms with Crippen LogP contribution in [0.2, 0.25) is 0 Å². The molecule has 1 rings (SSSR count). The number of nitrogens with zero attached hydrogens (tertiary/aromatic N) is 2. The van der Waals surface area contributed by atoms with Gasteiger partial charge in [0.15, 0.2) is 0 Å². The molecule has 1 heterocycles. The van der Waals surface area contributed by atoms with Gasteiger partial charge < -0.3 is 15.4 Å². The van der Waals surface area contributed by atoms with Gasteiger partial charge in [0, 0.05) is 20.2 Å². The molecule has 21 heavy (non-hydrogen) atoms. The average molecular weight is 296 g/mol. The molecular formula is C14H24N4O3. The minimum Gasteiger partial charge on any atom is -0.383 e. The van der Waals surface area contributed by atoms with E-state index in [1.165, 1.54) is 0 Å². The molecule has 7 heteroatoms. The van der Waals surface area contributed by atoms with Crippen molar-refractivity contribution in [3.63, 3.8) is 0 Å². The quantitative estimate of drug-likeness (QED) is 0.685. The van der Waals surface area contributed by atoms with Crippen molar-refractivity contribution in [1.29, 1.82) is 0 Å². The number of hydrogen-bond donors (Lipinski definition) is 2. The summed E-state index contributed by atoms with van der Waals surface area (Å²) in [7, 11) is 1.56. The molecule has 0 atom stereocenters. The number of methoxy groups -OCH3 is 1. The monoisotopic (exact) mass is 296 g/mol. The molecular weight excluding hydrogens is 272 g/mol. The van der Waals surface area contributed by atoms with Crippen LogP contribution in [0.3, 0.4) is 0 Å². The second-order valence-corrected chi connectivity index (χ2v) is 4.95. The third kappa shape index (κ3) is 5.18. The lowest BCUT2D eigenvalue weighted by Gasteiger charge is -2.07. The molecule has 0 aliphatic rings. The molecule has 118 valence electrons. The summed E-state index contributed by atoms with van der Waals surface area (Å²) in [6.45, 7) is 7.38. The van der Waals surface area contributed by atoms with Gasteiger partial charge in [-0.1, -0.05) is 13.8 Å². The van der Waals surface area contributed by atoms with Gasteiger partial charge >= 0.3 is 0 Å². The minimum absolute atomic E-state index is 0.0611. The predicted octanol–water partition coefficient (Wildman–Crippen LogP) is 0.519. The van der Waals surface area contributed by atoms with Gasteiger partial charge in [-0.25, -0.2) is 0 Å². The second kappa shape index (κ2) is 8.41. The minimum atomic E-state index is -0.293. The van der Waals surface area contributed by atoms with E-state index in [0.717, 1.165) is 5.69 Å². The normalized spacial score (nSPS) is 10.7. The Morgan fingerprint density at radius 3 is 2.67 bits per heavy atom. The first kappa shape index (κ1) is 17.2. The van der Waals surface area contributed by atoms with Crippen molar-refractivity contribution in [2.45, 2.75) is 33.2 Å². The Kier molecular flexibility index (Phi) is 6.87. The molecule has 0 aliphatic heterocycles. The molecule has 0 fully saturated rings. The van der Waals surface area contributed by atoms with Crippen molar-refractivity contribution in [2.75, 3.05) is 26.8 Å². The Hall–Kier alpha value is -1.89. The van der Waals surface area contributed by atoms with Crippen molar-refractivity contribution in [3.05, 3.63) is 17.5 Å². The Morgan fingerprint density at radius 1 is 1.38 bits per heavy atom. The zero-order valence-corrected chi connectivity index (χ0v) is 13.1. The fraction of sp³-hybridized carbons (Fsp3) is 0.643. The molecule has 2 N–H and O–H groups in total. The second-order valence-electron chi connectivity index (χ2n) is 4.95. The Labute approximate surface area is 125 Å². The zero-order valence-electron chi connectivity index (χ0n) is 13.1. The molecule has 0 saturated heterocycles. The van der Waals surface area contributed by atoms with Gasteiger partial charge in [0.1, 0.15) is 5.69 Å². The van der Waals surface area contributed by atoms with Crippen molar-refractivity contribution >= 4 is 11.8 Å². The van der Waals surface area contributed by atoms with Gasteiger partial charge in [-0.15, -0.1) is 0 Å². The van der Waals surface area contributed by atoms with Crippen LogP contribution in [0.1, 0.15) is 42.9 Å². The maximum Gasteiger partial charge on any atom is 0.269 e. The summed E-state index contributed by atoms with van der Waals surface area (Å²) >= 11 is 0. The van der Waals surface area contributed by atoms with E-state index in [1.54, 1.807) is 17.9 Å². The summed E-state index contributed by atoms with van der Waals surface area (Å²) in [6, 6.07) is 1.77. The largest absolute Gasteiger partial charge is 0.383 e. The highest BCUT2D eigenvalue weighted by molar-refractivity contribution is 5.95. The third-order valence-electron chi connectivity index (χ3n) is 2.96. The van der Waals surface area contributed by atoms with Crippen LogP contribution < -0.4 is 10.6 Å². The van der Waals surface area contributed by atoms with Crippen LogP contribution in [-0.2, 0) is 16.1 Å². The summed E-state index contributed by atoms with van der Waals surface area (Å²) in [5.41, 5.74) is 1.34. The zero-order chi connectivity index (χ0) is 15.8. The standard InChI is InChI=1S/C14H24N4O3/c1-5-18-12(8-11(17-18)10(2)3)14(20)16-9-13(19)15-6-7-21-4/h8,10H,5-7,9H2,1-4H3,(H,15,19)(H,16,20). The molecule has 7 nitrogen and oxygen atoms in total. The van der Waals surface area contributed by atoms with Gasteiger partial charge in [-0.3, -0.25) is 14.3 Å². The lowest BCUT2D eigenvalue weighted by Crippen LogP contribution is -2.38. The van der Waals surface area contributed by atoms with E-state index in [-0.39, 0.29) is 24.3 Å². The predicted molar refractivity (Wildman–Crippen MR) is 79.2 cm³/mol. The summed E-state index contributed by atoms with van der Waals surface area (Å²) in [6.07, 6.45) is 0. The number of aromatic nitrogens is 2. The molecule has 0 radical (unpaired) electrons. The first-order chi connectivity index (χ1) is 9.99. The van der Waals surface area contributed by atoms with Gasteiger partial charge in [0.25, 0.3) is 5.91 Å². The SMILES string of the molecule is CCn1nc(C(C)C)cc1C(=O)NCC(=O)NCCOC. The lowest BCUT2D eigenvalue weighted by atomic mass is 10.1. The summed E-state index contributed by atoms with van der Waals surface area (Å²) in [5.74, 6) is -0.285. The number of carbonyl (C=O) groups excluding carboxylic acids is 2. The van der Waals surface area contributed by atoms with E-state index in [4.69, 9.17) is 4.74 Å². The highest BCUT2D eigenvalue weighted by atomic mass is 16.5. The van der Waals surface area contributed by atoms with Crippen molar-refractivity contribution in [3.8, 4) is 0 Å². The number of amides is 2.